The third-order valence-electron chi connectivity index (χ3n) is 2.88. The summed E-state index contributed by atoms with van der Waals surface area (Å²) in [6, 6.07) is 7.70. The van der Waals surface area contributed by atoms with Crippen molar-refractivity contribution in [3.63, 3.8) is 0 Å². The van der Waals surface area contributed by atoms with Crippen LogP contribution in [0.25, 0.3) is 0 Å². The fourth-order valence-corrected chi connectivity index (χ4v) is 2.06. The Hall–Kier alpha value is -2.17. The highest BCUT2D eigenvalue weighted by Gasteiger charge is 2.12. The summed E-state index contributed by atoms with van der Waals surface area (Å²) < 4.78 is 5.03. The van der Waals surface area contributed by atoms with Crippen LogP contribution in [0.4, 0.5) is 0 Å². The second-order valence-electron chi connectivity index (χ2n) is 5.05. The Balaban J connectivity index is 1.84. The van der Waals surface area contributed by atoms with Crippen molar-refractivity contribution < 1.29 is 9.32 Å². The van der Waals surface area contributed by atoms with E-state index >= 15 is 0 Å². The zero-order valence-corrected chi connectivity index (χ0v) is 12.0. The van der Waals surface area contributed by atoms with E-state index in [1.165, 1.54) is 0 Å². The van der Waals surface area contributed by atoms with Crippen molar-refractivity contribution in [3.05, 3.63) is 47.1 Å². The van der Waals surface area contributed by atoms with Crippen LogP contribution in [0.1, 0.15) is 29.8 Å². The molecule has 1 amide bonds. The van der Waals surface area contributed by atoms with Crippen molar-refractivity contribution in [2.45, 2.75) is 39.7 Å². The summed E-state index contributed by atoms with van der Waals surface area (Å²) in [6.45, 7) is 5.75. The van der Waals surface area contributed by atoms with Gasteiger partial charge in [-0.15, -0.1) is 0 Å². The summed E-state index contributed by atoms with van der Waals surface area (Å²) in [4.78, 5) is 16.3. The molecule has 106 valence electrons. The maximum absolute atomic E-state index is 11.9. The van der Waals surface area contributed by atoms with Crippen molar-refractivity contribution in [2.75, 3.05) is 0 Å². The molecule has 0 fully saturated rings. The molecule has 0 radical (unpaired) electrons. The van der Waals surface area contributed by atoms with Crippen LogP contribution < -0.4 is 5.32 Å². The minimum Gasteiger partial charge on any atom is -0.361 e. The van der Waals surface area contributed by atoms with E-state index in [1.54, 1.807) is 6.07 Å². The van der Waals surface area contributed by atoms with Crippen LogP contribution in [-0.4, -0.2) is 22.1 Å². The predicted molar refractivity (Wildman–Crippen MR) is 75.2 cm³/mol. The van der Waals surface area contributed by atoms with Gasteiger partial charge in [0.15, 0.2) is 0 Å². The molecule has 1 N–H and O–H groups in total. The van der Waals surface area contributed by atoms with Gasteiger partial charge in [0.05, 0.1) is 12.1 Å². The molecule has 1 atom stereocenters. The molecule has 1 unspecified atom stereocenters. The van der Waals surface area contributed by atoms with Gasteiger partial charge in [-0.1, -0.05) is 11.2 Å². The zero-order valence-electron chi connectivity index (χ0n) is 12.0. The van der Waals surface area contributed by atoms with Crippen molar-refractivity contribution in [2.24, 2.45) is 0 Å². The average molecular weight is 273 g/mol. The Bertz CT molecular complexity index is 592. The average Bonchev–Trinajstić information content (AvgIpc) is 2.74. The second-order valence-corrected chi connectivity index (χ2v) is 5.05. The predicted octanol–water partition coefficient (Wildman–Crippen LogP) is 1.98. The zero-order chi connectivity index (χ0) is 14.5. The summed E-state index contributed by atoms with van der Waals surface area (Å²) in [5, 5.41) is 6.70. The van der Waals surface area contributed by atoms with E-state index in [1.807, 2.05) is 39.0 Å². The molecule has 2 aromatic heterocycles. The first kappa shape index (κ1) is 14.2. The summed E-state index contributed by atoms with van der Waals surface area (Å²) in [6.07, 6.45) is 0.926. The lowest BCUT2D eigenvalue weighted by molar-refractivity contribution is -0.121. The summed E-state index contributed by atoms with van der Waals surface area (Å²) in [5.41, 5.74) is 2.75. The van der Waals surface area contributed by atoms with Crippen LogP contribution >= 0.6 is 0 Å². The van der Waals surface area contributed by atoms with E-state index in [9.17, 15) is 4.79 Å². The fraction of sp³-hybridized carbons (Fsp3) is 0.400. The largest absolute Gasteiger partial charge is 0.361 e. The van der Waals surface area contributed by atoms with Gasteiger partial charge in [-0.3, -0.25) is 9.78 Å². The van der Waals surface area contributed by atoms with Gasteiger partial charge in [0.25, 0.3) is 0 Å². The van der Waals surface area contributed by atoms with Gasteiger partial charge in [-0.2, -0.15) is 0 Å². The van der Waals surface area contributed by atoms with Crippen molar-refractivity contribution in [1.29, 1.82) is 0 Å². The lowest BCUT2D eigenvalue weighted by Gasteiger charge is -2.13. The van der Waals surface area contributed by atoms with Crippen LogP contribution in [-0.2, 0) is 17.6 Å². The van der Waals surface area contributed by atoms with E-state index in [4.69, 9.17) is 4.52 Å². The van der Waals surface area contributed by atoms with Crippen molar-refractivity contribution in [3.8, 4) is 0 Å². The quantitative estimate of drug-likeness (QED) is 0.904. The number of carbonyl (C=O) groups is 1. The highest BCUT2D eigenvalue weighted by molar-refractivity contribution is 5.78. The number of hydrogen-bond donors (Lipinski definition) is 1. The number of rotatable bonds is 5. The molecule has 0 saturated heterocycles. The second kappa shape index (κ2) is 6.32. The van der Waals surface area contributed by atoms with Gasteiger partial charge < -0.3 is 9.84 Å². The van der Waals surface area contributed by atoms with Gasteiger partial charge in [0.1, 0.15) is 5.76 Å². The summed E-state index contributed by atoms with van der Waals surface area (Å²) in [5.74, 6) is 0.516. The van der Waals surface area contributed by atoms with Crippen LogP contribution in [0, 0.1) is 13.8 Å². The third-order valence-corrected chi connectivity index (χ3v) is 2.88. The third kappa shape index (κ3) is 4.19. The maximum Gasteiger partial charge on any atom is 0.227 e. The number of aryl methyl sites for hydroxylation is 2. The SMILES string of the molecule is Cc1cc(CC(=O)NC(C)Cc2cccc(C)n2)on1. The number of nitrogens with zero attached hydrogens (tertiary/aromatic N) is 2. The van der Waals surface area contributed by atoms with E-state index < -0.39 is 0 Å². The summed E-state index contributed by atoms with van der Waals surface area (Å²) in [7, 11) is 0. The van der Waals surface area contributed by atoms with Gasteiger partial charge in [-0.25, -0.2) is 0 Å². The Morgan fingerprint density at radius 1 is 1.35 bits per heavy atom. The smallest absolute Gasteiger partial charge is 0.227 e. The number of amides is 1. The molecule has 0 aliphatic carbocycles. The summed E-state index contributed by atoms with van der Waals surface area (Å²) >= 11 is 0. The molecule has 5 heteroatoms. The first-order valence-electron chi connectivity index (χ1n) is 6.67. The van der Waals surface area contributed by atoms with Gasteiger partial charge in [-0.05, 0) is 32.9 Å². The Labute approximate surface area is 118 Å². The lowest BCUT2D eigenvalue weighted by Crippen LogP contribution is -2.35. The topological polar surface area (TPSA) is 68.0 Å². The first-order valence-corrected chi connectivity index (χ1v) is 6.67. The number of aromatic nitrogens is 2. The minimum atomic E-state index is -0.0682. The van der Waals surface area contributed by atoms with Crippen molar-refractivity contribution in [1.82, 2.24) is 15.5 Å². The van der Waals surface area contributed by atoms with Crippen LogP contribution in [0.3, 0.4) is 0 Å². The van der Waals surface area contributed by atoms with E-state index in [2.05, 4.69) is 15.5 Å². The Morgan fingerprint density at radius 2 is 2.15 bits per heavy atom. The molecule has 0 bridgehead atoms. The maximum atomic E-state index is 11.9. The van der Waals surface area contributed by atoms with Crippen LogP contribution in [0.15, 0.2) is 28.8 Å². The molecule has 0 saturated carbocycles. The molecule has 20 heavy (non-hydrogen) atoms. The Morgan fingerprint density at radius 3 is 2.80 bits per heavy atom. The van der Waals surface area contributed by atoms with Crippen LogP contribution in [0.2, 0.25) is 0 Å². The van der Waals surface area contributed by atoms with E-state index in [0.717, 1.165) is 17.1 Å². The number of nitrogens with one attached hydrogen (secondary N) is 1. The first-order chi connectivity index (χ1) is 9.52. The molecule has 2 rings (SSSR count). The van der Waals surface area contributed by atoms with Gasteiger partial charge in [0, 0.05) is 29.9 Å². The molecule has 2 aromatic rings. The van der Waals surface area contributed by atoms with Gasteiger partial charge in [0.2, 0.25) is 5.91 Å². The number of pyridine rings is 1. The van der Waals surface area contributed by atoms with Crippen LogP contribution in [0.5, 0.6) is 0 Å². The lowest BCUT2D eigenvalue weighted by atomic mass is 10.1. The van der Waals surface area contributed by atoms with E-state index in [0.29, 0.717) is 12.2 Å². The fourth-order valence-electron chi connectivity index (χ4n) is 2.06. The molecule has 0 aliphatic rings. The van der Waals surface area contributed by atoms with Crippen molar-refractivity contribution >= 4 is 5.91 Å². The monoisotopic (exact) mass is 273 g/mol. The Kier molecular flexibility index (Phi) is 4.50. The number of hydrogen-bond acceptors (Lipinski definition) is 4. The minimum absolute atomic E-state index is 0.0285. The molecular weight excluding hydrogens is 254 g/mol. The molecule has 0 aliphatic heterocycles. The molecule has 0 aromatic carbocycles. The molecule has 0 spiro atoms. The highest BCUT2D eigenvalue weighted by atomic mass is 16.5. The van der Waals surface area contributed by atoms with E-state index in [-0.39, 0.29) is 18.4 Å². The number of carbonyl (C=O) groups excluding carboxylic acids is 1. The molecule has 5 nitrogen and oxygen atoms in total. The molecular formula is C15H19N3O2. The highest BCUT2D eigenvalue weighted by Crippen LogP contribution is 2.05. The molecule has 2 heterocycles. The standard InChI is InChI=1S/C15H19N3O2/c1-10-5-4-6-13(16-10)7-11(2)17-15(19)9-14-8-12(3)18-20-14/h4-6,8,11H,7,9H2,1-3H3,(H,17,19). The normalized spacial score (nSPS) is 12.2. The van der Waals surface area contributed by atoms with Gasteiger partial charge >= 0.3 is 0 Å².